The highest BCUT2D eigenvalue weighted by atomic mass is 35.5. The van der Waals surface area contributed by atoms with Gasteiger partial charge in [0.1, 0.15) is 12.6 Å². The maximum atomic E-state index is 10.9. The number of alkyl halides is 1. The highest BCUT2D eigenvalue weighted by Crippen LogP contribution is 1.97. The van der Waals surface area contributed by atoms with Gasteiger partial charge in [-0.1, -0.05) is 0 Å². The van der Waals surface area contributed by atoms with Crippen LogP contribution in [-0.2, 0) is 14.3 Å². The smallest absolute Gasteiger partial charge is 0.322 e. The first kappa shape index (κ1) is 12.2. The molecule has 5 nitrogen and oxygen atoms in total. The first-order valence-electron chi connectivity index (χ1n) is 3.78. The largest absolute Gasteiger partial charge is 0.481 e. The average molecular weight is 210 g/mol. The van der Waals surface area contributed by atoms with E-state index in [1.54, 1.807) is 0 Å². The van der Waals surface area contributed by atoms with Gasteiger partial charge in [-0.25, -0.2) is 0 Å². The van der Waals surface area contributed by atoms with Crippen molar-refractivity contribution in [3.63, 3.8) is 0 Å². The van der Waals surface area contributed by atoms with Gasteiger partial charge in [0.2, 0.25) is 0 Å². The fourth-order valence-electron chi connectivity index (χ4n) is 0.643. The lowest BCUT2D eigenvalue weighted by Gasteiger charge is -2.08. The Hall–Kier alpha value is -0.810. The SMILES string of the molecule is NC(CCC(=O)O)C(=O)OCCCl. The summed E-state index contributed by atoms with van der Waals surface area (Å²) in [4.78, 5) is 21.0. The van der Waals surface area contributed by atoms with E-state index in [0.717, 1.165) is 0 Å². The number of aliphatic carboxylic acids is 1. The van der Waals surface area contributed by atoms with Crippen LogP contribution in [0.5, 0.6) is 0 Å². The molecule has 0 saturated heterocycles. The van der Waals surface area contributed by atoms with Gasteiger partial charge in [0.05, 0.1) is 5.88 Å². The summed E-state index contributed by atoms with van der Waals surface area (Å²) in [5, 5.41) is 8.29. The minimum absolute atomic E-state index is 0.0798. The molecule has 76 valence electrons. The number of hydrogen-bond donors (Lipinski definition) is 2. The number of nitrogens with two attached hydrogens (primary N) is 1. The standard InChI is InChI=1S/C7H12ClNO4/c8-3-4-13-7(12)5(9)1-2-6(10)11/h5H,1-4,9H2,(H,10,11). The monoisotopic (exact) mass is 209 g/mol. The quantitative estimate of drug-likeness (QED) is 0.473. The first-order valence-corrected chi connectivity index (χ1v) is 4.31. The molecule has 0 radical (unpaired) electrons. The molecule has 0 aliphatic heterocycles. The Morgan fingerprint density at radius 1 is 1.54 bits per heavy atom. The molecule has 1 unspecified atom stereocenters. The summed E-state index contributed by atoms with van der Waals surface area (Å²) in [6, 6.07) is -0.876. The topological polar surface area (TPSA) is 89.6 Å². The third kappa shape index (κ3) is 6.36. The molecule has 3 N–H and O–H groups in total. The summed E-state index contributed by atoms with van der Waals surface area (Å²) in [6.07, 6.45) is -0.0619. The molecule has 0 heterocycles. The van der Waals surface area contributed by atoms with E-state index in [-0.39, 0.29) is 25.3 Å². The molecular formula is C7H12ClNO4. The molecule has 0 spiro atoms. The van der Waals surface area contributed by atoms with E-state index in [0.29, 0.717) is 0 Å². The molecule has 0 aromatic rings. The van der Waals surface area contributed by atoms with Gasteiger partial charge in [0.25, 0.3) is 0 Å². The first-order chi connectivity index (χ1) is 6.07. The second kappa shape index (κ2) is 6.68. The summed E-state index contributed by atoms with van der Waals surface area (Å²) in [6.45, 7) is 0.0984. The maximum Gasteiger partial charge on any atom is 0.322 e. The molecule has 13 heavy (non-hydrogen) atoms. The van der Waals surface area contributed by atoms with E-state index in [1.165, 1.54) is 0 Å². The number of esters is 1. The van der Waals surface area contributed by atoms with Gasteiger partial charge in [-0.15, -0.1) is 11.6 Å². The summed E-state index contributed by atoms with van der Waals surface area (Å²) in [5.74, 6) is -1.39. The van der Waals surface area contributed by atoms with Gasteiger partial charge in [-0.3, -0.25) is 9.59 Å². The number of carboxylic acid groups (broad SMARTS) is 1. The Morgan fingerprint density at radius 2 is 2.15 bits per heavy atom. The van der Waals surface area contributed by atoms with Crippen LogP contribution in [0.4, 0.5) is 0 Å². The molecule has 0 rings (SSSR count). The van der Waals surface area contributed by atoms with E-state index >= 15 is 0 Å². The van der Waals surface area contributed by atoms with Gasteiger partial charge in [-0.2, -0.15) is 0 Å². The van der Waals surface area contributed by atoms with Gasteiger partial charge in [0, 0.05) is 6.42 Å². The van der Waals surface area contributed by atoms with Crippen LogP contribution in [0, 0.1) is 0 Å². The van der Waals surface area contributed by atoms with Crippen LogP contribution >= 0.6 is 11.6 Å². The average Bonchev–Trinajstić information content (AvgIpc) is 2.10. The van der Waals surface area contributed by atoms with Crippen LogP contribution in [0.15, 0.2) is 0 Å². The third-order valence-corrected chi connectivity index (χ3v) is 1.45. The molecule has 1 atom stereocenters. The summed E-state index contributed by atoms with van der Waals surface area (Å²) in [7, 11) is 0. The molecule has 0 aliphatic rings. The molecule has 0 aromatic carbocycles. The normalized spacial score (nSPS) is 12.2. The van der Waals surface area contributed by atoms with Crippen LogP contribution in [-0.4, -0.2) is 35.6 Å². The Balaban J connectivity index is 3.62. The molecule has 0 aliphatic carbocycles. The number of rotatable bonds is 6. The minimum Gasteiger partial charge on any atom is -0.481 e. The van der Waals surface area contributed by atoms with Crippen LogP contribution in [0.3, 0.4) is 0 Å². The zero-order valence-corrected chi connectivity index (χ0v) is 7.79. The number of hydrogen-bond acceptors (Lipinski definition) is 4. The number of halogens is 1. The van der Waals surface area contributed by atoms with Gasteiger partial charge in [0.15, 0.2) is 0 Å². The zero-order valence-electron chi connectivity index (χ0n) is 7.03. The third-order valence-electron chi connectivity index (χ3n) is 1.29. The molecular weight excluding hydrogens is 198 g/mol. The van der Waals surface area contributed by atoms with Crippen molar-refractivity contribution in [2.75, 3.05) is 12.5 Å². The predicted octanol–water partition coefficient (Wildman–Crippen LogP) is -0.0395. The molecule has 6 heteroatoms. The molecule has 0 amide bonds. The van der Waals surface area contributed by atoms with Crippen LogP contribution in [0.1, 0.15) is 12.8 Å². The molecule has 0 saturated carbocycles. The Bertz CT molecular complexity index is 185. The highest BCUT2D eigenvalue weighted by molar-refractivity contribution is 6.18. The fourth-order valence-corrected chi connectivity index (χ4v) is 0.720. The van der Waals surface area contributed by atoms with Gasteiger partial charge in [-0.05, 0) is 6.42 Å². The minimum atomic E-state index is -0.986. The van der Waals surface area contributed by atoms with Crippen molar-refractivity contribution < 1.29 is 19.4 Å². The number of carbonyl (C=O) groups is 2. The van der Waals surface area contributed by atoms with E-state index in [9.17, 15) is 9.59 Å². The highest BCUT2D eigenvalue weighted by Gasteiger charge is 2.15. The van der Waals surface area contributed by atoms with E-state index in [2.05, 4.69) is 4.74 Å². The molecule has 0 aromatic heterocycles. The van der Waals surface area contributed by atoms with Crippen molar-refractivity contribution in [1.29, 1.82) is 0 Å². The fraction of sp³-hybridized carbons (Fsp3) is 0.714. The summed E-state index contributed by atoms with van der Waals surface area (Å²) in [5.41, 5.74) is 5.33. The van der Waals surface area contributed by atoms with E-state index in [4.69, 9.17) is 22.4 Å². The van der Waals surface area contributed by atoms with Crippen LogP contribution < -0.4 is 5.73 Å². The van der Waals surface area contributed by atoms with Gasteiger partial charge < -0.3 is 15.6 Å². The zero-order chi connectivity index (χ0) is 10.3. The number of carboxylic acids is 1. The van der Waals surface area contributed by atoms with Gasteiger partial charge >= 0.3 is 11.9 Å². The predicted molar refractivity (Wildman–Crippen MR) is 46.5 cm³/mol. The second-order valence-corrected chi connectivity index (χ2v) is 2.77. The Labute approximate surface area is 80.8 Å². The van der Waals surface area contributed by atoms with Crippen LogP contribution in [0.2, 0.25) is 0 Å². The summed E-state index contributed by atoms with van der Waals surface area (Å²) < 4.78 is 4.60. The van der Waals surface area contributed by atoms with Crippen molar-refractivity contribution >= 4 is 23.5 Å². The van der Waals surface area contributed by atoms with E-state index < -0.39 is 18.0 Å². The van der Waals surface area contributed by atoms with E-state index in [1.807, 2.05) is 0 Å². The Kier molecular flexibility index (Phi) is 6.26. The molecule has 0 bridgehead atoms. The van der Waals surface area contributed by atoms with Crippen molar-refractivity contribution in [3.05, 3.63) is 0 Å². The van der Waals surface area contributed by atoms with Crippen LogP contribution in [0.25, 0.3) is 0 Å². The Morgan fingerprint density at radius 3 is 2.62 bits per heavy atom. The maximum absolute atomic E-state index is 10.9. The lowest BCUT2D eigenvalue weighted by Crippen LogP contribution is -2.33. The summed E-state index contributed by atoms with van der Waals surface area (Å²) >= 11 is 5.27. The number of ether oxygens (including phenoxy) is 1. The molecule has 0 fully saturated rings. The second-order valence-electron chi connectivity index (χ2n) is 2.40. The number of carbonyl (C=O) groups excluding carboxylic acids is 1. The van der Waals surface area contributed by atoms with Crippen molar-refractivity contribution in [2.45, 2.75) is 18.9 Å². The van der Waals surface area contributed by atoms with Crippen molar-refractivity contribution in [1.82, 2.24) is 0 Å². The van der Waals surface area contributed by atoms with Crippen molar-refractivity contribution in [2.24, 2.45) is 5.73 Å². The van der Waals surface area contributed by atoms with Crippen molar-refractivity contribution in [3.8, 4) is 0 Å². The lowest BCUT2D eigenvalue weighted by atomic mass is 10.2. The lowest BCUT2D eigenvalue weighted by molar-refractivity contribution is -0.145.